The van der Waals surface area contributed by atoms with Crippen LogP contribution in [-0.2, 0) is 38.1 Å². The van der Waals surface area contributed by atoms with Crippen LogP contribution in [0.4, 0.5) is 0 Å². The van der Waals surface area contributed by atoms with Gasteiger partial charge in [0.2, 0.25) is 6.29 Å². The summed E-state index contributed by atoms with van der Waals surface area (Å²) < 4.78 is 22.5. The number of carboxylic acid groups (broad SMARTS) is 1. The van der Waals surface area contributed by atoms with E-state index in [2.05, 4.69) is 0 Å². The molecule has 6 rings (SSSR count). The maximum Gasteiger partial charge on any atom is 0.336 e. The Morgan fingerprint density at radius 2 is 1.20 bits per heavy atom. The van der Waals surface area contributed by atoms with Crippen LogP contribution in [0.15, 0.2) is 0 Å². The van der Waals surface area contributed by atoms with Gasteiger partial charge in [-0.3, -0.25) is 14.4 Å². The molecule has 1 spiro atoms. The monoisotopic (exact) mass is 791 g/mol. The van der Waals surface area contributed by atoms with Crippen LogP contribution < -0.4 is 0 Å². The highest BCUT2D eigenvalue weighted by molar-refractivity contribution is 5.78. The summed E-state index contributed by atoms with van der Waals surface area (Å²) in [4.78, 5) is 46.7. The average molecular weight is 791 g/mol. The van der Waals surface area contributed by atoms with E-state index in [0.717, 1.165) is 57.8 Å². The summed E-state index contributed by atoms with van der Waals surface area (Å²) in [5.74, 6) is -0.311. The molecule has 0 radical (unpaired) electrons. The fraction of sp³-hybridized carbons (Fsp3) is 0.911. The molecule has 4 unspecified atom stereocenters. The number of aliphatic carboxylic acids is 1. The molecule has 6 fully saturated rings. The van der Waals surface area contributed by atoms with E-state index >= 15 is 0 Å². The molecule has 1 heterocycles. The first-order valence-electron chi connectivity index (χ1n) is 18.8. The zero-order chi connectivity index (χ0) is 37.1. The quantitative estimate of drug-likeness (QED) is 0.124. The SMILES string of the molecule is C.C.C.C.C.C.CCC(C)(C)C(=O)O.CCC(C)(C)C(=O)OC(C)OC1CC2(CCCCC2)OC1=O.CCC(C)(C)C(=O)OC12CC3CC(CC(O)(C3)C1)C2. The van der Waals surface area contributed by atoms with Crippen LogP contribution in [-0.4, -0.2) is 63.3 Å². The molecule has 4 atom stereocenters. The van der Waals surface area contributed by atoms with E-state index < -0.39 is 40.2 Å². The lowest BCUT2D eigenvalue weighted by Crippen LogP contribution is -2.61. The second kappa shape index (κ2) is 22.7. The minimum atomic E-state index is -0.741. The van der Waals surface area contributed by atoms with E-state index in [4.69, 9.17) is 24.1 Å². The van der Waals surface area contributed by atoms with Gasteiger partial charge in [0.1, 0.15) is 11.2 Å². The first-order valence-corrected chi connectivity index (χ1v) is 18.8. The summed E-state index contributed by atoms with van der Waals surface area (Å²) in [5, 5.41) is 19.1. The first-order chi connectivity index (χ1) is 22.5. The van der Waals surface area contributed by atoms with Crippen molar-refractivity contribution in [3.8, 4) is 0 Å². The van der Waals surface area contributed by atoms with Gasteiger partial charge in [-0.1, -0.05) is 71.8 Å². The van der Waals surface area contributed by atoms with E-state index in [0.29, 0.717) is 37.5 Å². The van der Waals surface area contributed by atoms with Gasteiger partial charge in [0.15, 0.2) is 6.10 Å². The number of aliphatic hydroxyl groups is 1. The number of esters is 3. The number of hydrogen-bond acceptors (Lipinski definition) is 9. The Bertz CT molecular complexity index is 1170. The summed E-state index contributed by atoms with van der Waals surface area (Å²) in [5.41, 5.74) is -2.75. The van der Waals surface area contributed by atoms with Crippen molar-refractivity contribution in [3.63, 3.8) is 0 Å². The molecular formula is C45H90O10. The molecule has 10 nitrogen and oxygen atoms in total. The van der Waals surface area contributed by atoms with Crippen molar-refractivity contribution in [1.29, 1.82) is 0 Å². The van der Waals surface area contributed by atoms with Crippen LogP contribution in [0.3, 0.4) is 0 Å². The predicted molar refractivity (Wildman–Crippen MR) is 226 cm³/mol. The molecule has 1 aliphatic heterocycles. The Morgan fingerprint density at radius 1 is 0.745 bits per heavy atom. The lowest BCUT2D eigenvalue weighted by atomic mass is 9.52. The van der Waals surface area contributed by atoms with Crippen LogP contribution >= 0.6 is 0 Å². The van der Waals surface area contributed by atoms with Crippen molar-refractivity contribution < 1.29 is 48.3 Å². The Kier molecular flexibility index (Phi) is 24.5. The van der Waals surface area contributed by atoms with Crippen LogP contribution in [0.25, 0.3) is 0 Å². The van der Waals surface area contributed by atoms with Gasteiger partial charge in [0.25, 0.3) is 0 Å². The van der Waals surface area contributed by atoms with Crippen molar-refractivity contribution in [2.45, 2.75) is 239 Å². The minimum absolute atomic E-state index is 0. The number of rotatable bonds is 10. The number of carbonyl (C=O) groups is 4. The van der Waals surface area contributed by atoms with Gasteiger partial charge in [0, 0.05) is 12.8 Å². The predicted octanol–water partition coefficient (Wildman–Crippen LogP) is 11.7. The summed E-state index contributed by atoms with van der Waals surface area (Å²) in [7, 11) is 0. The van der Waals surface area contributed by atoms with Gasteiger partial charge in [-0.25, -0.2) is 4.79 Å². The number of carboxylic acids is 1. The Hall–Kier alpha value is -2.20. The smallest absolute Gasteiger partial charge is 0.336 e. The molecule has 2 N–H and O–H groups in total. The Labute approximate surface area is 339 Å². The summed E-state index contributed by atoms with van der Waals surface area (Å²) in [6, 6.07) is 0. The third kappa shape index (κ3) is 15.2. The van der Waals surface area contributed by atoms with Crippen LogP contribution in [0.1, 0.15) is 210 Å². The standard InChI is InChI=1S/C17H28O5.C16H26O3.C6H12O2.6CH4/c1-5-16(3,4)15(19)21-12(2)20-13-11-17(22-14(13)18)9-7-6-8-10-17;1-4-14(2,3)13(17)19-16-8-11-5-12(9-16)7-15(18,6-11)10-16;1-4-6(2,3)5(7)8;;;;;;/h12-13H,5-11H2,1-4H3;11-12,18H,4-10H2,1-3H3;4H2,1-3H3,(H,7,8);6*1H4. The fourth-order valence-corrected chi connectivity index (χ4v) is 7.94. The van der Waals surface area contributed by atoms with Gasteiger partial charge in [-0.15, -0.1) is 0 Å². The molecule has 5 aliphatic carbocycles. The first kappa shape index (κ1) is 59.5. The van der Waals surface area contributed by atoms with Crippen molar-refractivity contribution in [2.24, 2.45) is 28.1 Å². The molecule has 4 bridgehead atoms. The Morgan fingerprint density at radius 3 is 1.60 bits per heavy atom. The van der Waals surface area contributed by atoms with E-state index in [-0.39, 0.29) is 73.7 Å². The molecule has 5 saturated carbocycles. The largest absolute Gasteiger partial charge is 0.481 e. The van der Waals surface area contributed by atoms with E-state index in [9.17, 15) is 24.3 Å². The topological polar surface area (TPSA) is 146 Å². The second-order valence-electron chi connectivity index (χ2n) is 17.7. The van der Waals surface area contributed by atoms with E-state index in [1.165, 1.54) is 12.8 Å². The Balaban J connectivity index is -0.000000364. The highest BCUT2D eigenvalue weighted by Crippen LogP contribution is 2.59. The number of hydrogen-bond donors (Lipinski definition) is 2. The highest BCUT2D eigenvalue weighted by Gasteiger charge is 2.59. The molecule has 55 heavy (non-hydrogen) atoms. The molecule has 0 aromatic heterocycles. The molecular weight excluding hydrogens is 700 g/mol. The van der Waals surface area contributed by atoms with E-state index in [1.807, 2.05) is 48.5 Å². The summed E-state index contributed by atoms with van der Waals surface area (Å²) in [6.45, 7) is 18.5. The normalized spacial score (nSPS) is 27.3. The molecule has 1 saturated heterocycles. The van der Waals surface area contributed by atoms with Crippen LogP contribution in [0.5, 0.6) is 0 Å². The van der Waals surface area contributed by atoms with Gasteiger partial charge in [-0.05, 0) is 137 Å². The molecule has 0 amide bonds. The minimum Gasteiger partial charge on any atom is -0.481 e. The van der Waals surface area contributed by atoms with Gasteiger partial charge >= 0.3 is 23.9 Å². The van der Waals surface area contributed by atoms with Gasteiger partial charge < -0.3 is 29.2 Å². The average Bonchev–Trinajstić information content (AvgIpc) is 3.29. The maximum absolute atomic E-state index is 12.4. The van der Waals surface area contributed by atoms with Crippen LogP contribution in [0.2, 0.25) is 0 Å². The molecule has 10 heteroatoms. The third-order valence-corrected chi connectivity index (χ3v) is 12.2. The summed E-state index contributed by atoms with van der Waals surface area (Å²) >= 11 is 0. The highest BCUT2D eigenvalue weighted by atomic mass is 16.7. The lowest BCUT2D eigenvalue weighted by Gasteiger charge is -2.59. The fourth-order valence-electron chi connectivity index (χ4n) is 7.94. The van der Waals surface area contributed by atoms with Crippen molar-refractivity contribution >= 4 is 23.9 Å². The maximum atomic E-state index is 12.4. The second-order valence-corrected chi connectivity index (χ2v) is 17.7. The van der Waals surface area contributed by atoms with Crippen molar-refractivity contribution in [3.05, 3.63) is 0 Å². The van der Waals surface area contributed by atoms with Gasteiger partial charge in [-0.2, -0.15) is 0 Å². The molecule has 0 aromatic rings. The summed E-state index contributed by atoms with van der Waals surface area (Å²) in [6.07, 6.45) is 12.2. The number of carbonyl (C=O) groups excluding carboxylic acids is 3. The van der Waals surface area contributed by atoms with Crippen molar-refractivity contribution in [2.75, 3.05) is 0 Å². The zero-order valence-electron chi connectivity index (χ0n) is 32.1. The molecule has 6 aliphatic rings. The number of ether oxygens (including phenoxy) is 4. The lowest BCUT2D eigenvalue weighted by molar-refractivity contribution is -0.225. The van der Waals surface area contributed by atoms with Crippen molar-refractivity contribution in [1.82, 2.24) is 0 Å². The third-order valence-electron chi connectivity index (χ3n) is 12.2. The van der Waals surface area contributed by atoms with Gasteiger partial charge in [0.05, 0.1) is 21.8 Å². The molecule has 0 aromatic carbocycles. The zero-order valence-corrected chi connectivity index (χ0v) is 32.1. The van der Waals surface area contributed by atoms with Crippen LogP contribution in [0, 0.1) is 28.1 Å². The molecule has 330 valence electrons. The van der Waals surface area contributed by atoms with E-state index in [1.54, 1.807) is 20.8 Å².